The fraction of sp³-hybridized carbons (Fsp3) is 0.250. The number of aliphatic hydroxyl groups excluding tert-OH is 1. The third-order valence-corrected chi connectivity index (χ3v) is 4.33. The summed E-state index contributed by atoms with van der Waals surface area (Å²) in [5.74, 6) is 0. The van der Waals surface area contributed by atoms with Gasteiger partial charge in [-0.1, -0.05) is 30.3 Å². The van der Waals surface area contributed by atoms with Crippen LogP contribution < -0.4 is 5.32 Å². The molecule has 2 N–H and O–H groups in total. The summed E-state index contributed by atoms with van der Waals surface area (Å²) in [6, 6.07) is 10.3. The van der Waals surface area contributed by atoms with Gasteiger partial charge >= 0.3 is 0 Å². The molecule has 1 unspecified atom stereocenters. The van der Waals surface area contributed by atoms with E-state index in [0.29, 0.717) is 6.54 Å². The Morgan fingerprint density at radius 1 is 1.32 bits per heavy atom. The lowest BCUT2D eigenvalue weighted by atomic mass is 10.2. The third-order valence-electron chi connectivity index (χ3n) is 3.31. The van der Waals surface area contributed by atoms with Crippen LogP contribution in [0.4, 0.5) is 5.69 Å². The molecule has 3 aromatic rings. The van der Waals surface area contributed by atoms with E-state index in [-0.39, 0.29) is 12.6 Å². The molecule has 6 heteroatoms. The van der Waals surface area contributed by atoms with Crippen LogP contribution in [0.5, 0.6) is 0 Å². The standard InChI is InChI=1S/C16H18N4OS/c1-12(18-14-9-17-20(10-14)7-8-21)16-19-15(11-22-16)13-5-3-2-4-6-13/h2-6,9-12,18,21H,7-8H2,1H3. The van der Waals surface area contributed by atoms with E-state index in [1.165, 1.54) is 0 Å². The Bertz CT molecular complexity index is 723. The van der Waals surface area contributed by atoms with E-state index in [2.05, 4.69) is 34.9 Å². The molecule has 0 radical (unpaired) electrons. The summed E-state index contributed by atoms with van der Waals surface area (Å²) in [4.78, 5) is 4.71. The maximum atomic E-state index is 8.91. The summed E-state index contributed by atoms with van der Waals surface area (Å²) in [6.45, 7) is 2.67. The zero-order valence-corrected chi connectivity index (χ0v) is 13.1. The summed E-state index contributed by atoms with van der Waals surface area (Å²) in [5, 5.41) is 19.6. The van der Waals surface area contributed by atoms with Crippen molar-refractivity contribution in [2.24, 2.45) is 0 Å². The molecular formula is C16H18N4OS. The molecule has 2 aromatic heterocycles. The van der Waals surface area contributed by atoms with Crippen LogP contribution >= 0.6 is 11.3 Å². The van der Waals surface area contributed by atoms with Crippen molar-refractivity contribution in [1.29, 1.82) is 0 Å². The topological polar surface area (TPSA) is 63.0 Å². The second-order valence-electron chi connectivity index (χ2n) is 5.02. The summed E-state index contributed by atoms with van der Waals surface area (Å²) in [5.41, 5.74) is 3.07. The van der Waals surface area contributed by atoms with Gasteiger partial charge in [-0.2, -0.15) is 5.10 Å². The molecule has 22 heavy (non-hydrogen) atoms. The summed E-state index contributed by atoms with van der Waals surface area (Å²) < 4.78 is 1.71. The molecule has 0 aliphatic heterocycles. The molecule has 0 aliphatic carbocycles. The van der Waals surface area contributed by atoms with E-state index in [9.17, 15) is 0 Å². The zero-order chi connectivity index (χ0) is 15.4. The number of thiazole rings is 1. The SMILES string of the molecule is CC(Nc1cnn(CCO)c1)c1nc(-c2ccccc2)cs1. The van der Waals surface area contributed by atoms with Crippen LogP contribution in [0.1, 0.15) is 18.0 Å². The van der Waals surface area contributed by atoms with Gasteiger partial charge in [0.05, 0.1) is 36.8 Å². The maximum absolute atomic E-state index is 8.91. The van der Waals surface area contributed by atoms with E-state index < -0.39 is 0 Å². The van der Waals surface area contributed by atoms with Gasteiger partial charge in [0, 0.05) is 17.1 Å². The van der Waals surface area contributed by atoms with Crippen molar-refractivity contribution >= 4 is 17.0 Å². The first-order valence-electron chi connectivity index (χ1n) is 7.17. The molecule has 0 bridgehead atoms. The van der Waals surface area contributed by atoms with E-state index in [4.69, 9.17) is 10.1 Å². The minimum atomic E-state index is 0.0869. The zero-order valence-electron chi connectivity index (χ0n) is 12.3. The molecule has 3 rings (SSSR count). The molecule has 5 nitrogen and oxygen atoms in total. The van der Waals surface area contributed by atoms with Crippen molar-refractivity contribution in [2.45, 2.75) is 19.5 Å². The lowest BCUT2D eigenvalue weighted by molar-refractivity contribution is 0.269. The van der Waals surface area contributed by atoms with E-state index >= 15 is 0 Å². The fourth-order valence-electron chi connectivity index (χ4n) is 2.20. The number of benzene rings is 1. The van der Waals surface area contributed by atoms with E-state index in [1.54, 1.807) is 22.2 Å². The van der Waals surface area contributed by atoms with Gasteiger partial charge in [0.15, 0.2) is 0 Å². The Morgan fingerprint density at radius 3 is 2.91 bits per heavy atom. The third kappa shape index (κ3) is 3.35. The molecule has 0 aliphatic rings. The highest BCUT2D eigenvalue weighted by Gasteiger charge is 2.12. The van der Waals surface area contributed by atoms with Gasteiger partial charge < -0.3 is 10.4 Å². The number of anilines is 1. The summed E-state index contributed by atoms with van der Waals surface area (Å²) in [6.07, 6.45) is 3.65. The van der Waals surface area contributed by atoms with E-state index in [1.807, 2.05) is 24.4 Å². The van der Waals surface area contributed by atoms with Crippen molar-refractivity contribution in [3.63, 3.8) is 0 Å². The van der Waals surface area contributed by atoms with Gasteiger partial charge in [-0.25, -0.2) is 4.98 Å². The highest BCUT2D eigenvalue weighted by Crippen LogP contribution is 2.27. The van der Waals surface area contributed by atoms with Crippen LogP contribution in [0.2, 0.25) is 0 Å². The molecule has 114 valence electrons. The smallest absolute Gasteiger partial charge is 0.115 e. The normalized spacial score (nSPS) is 12.3. The Morgan fingerprint density at radius 2 is 2.14 bits per heavy atom. The van der Waals surface area contributed by atoms with Crippen LogP contribution in [0, 0.1) is 0 Å². The van der Waals surface area contributed by atoms with Crippen molar-refractivity contribution in [2.75, 3.05) is 11.9 Å². The molecule has 0 saturated heterocycles. The monoisotopic (exact) mass is 314 g/mol. The van der Waals surface area contributed by atoms with Gasteiger partial charge in [0.25, 0.3) is 0 Å². The second-order valence-corrected chi connectivity index (χ2v) is 5.91. The Labute approximate surface area is 133 Å². The number of nitrogens with one attached hydrogen (secondary N) is 1. The number of hydrogen-bond donors (Lipinski definition) is 2. The molecule has 2 heterocycles. The lowest BCUT2D eigenvalue weighted by Crippen LogP contribution is -2.06. The highest BCUT2D eigenvalue weighted by molar-refractivity contribution is 7.10. The minimum Gasteiger partial charge on any atom is -0.394 e. The van der Waals surface area contributed by atoms with Crippen molar-refractivity contribution in [3.05, 3.63) is 53.1 Å². The first kappa shape index (κ1) is 14.7. The van der Waals surface area contributed by atoms with Crippen LogP contribution in [0.3, 0.4) is 0 Å². The number of aromatic nitrogens is 3. The van der Waals surface area contributed by atoms with Gasteiger partial charge in [-0.15, -0.1) is 11.3 Å². The molecule has 0 spiro atoms. The van der Waals surface area contributed by atoms with Crippen molar-refractivity contribution in [3.8, 4) is 11.3 Å². The maximum Gasteiger partial charge on any atom is 0.115 e. The molecular weight excluding hydrogens is 296 g/mol. The largest absolute Gasteiger partial charge is 0.394 e. The van der Waals surface area contributed by atoms with Gasteiger partial charge in [-0.05, 0) is 6.92 Å². The Kier molecular flexibility index (Phi) is 4.50. The number of hydrogen-bond acceptors (Lipinski definition) is 5. The second kappa shape index (κ2) is 6.72. The van der Waals surface area contributed by atoms with Crippen molar-refractivity contribution in [1.82, 2.24) is 14.8 Å². The average molecular weight is 314 g/mol. The van der Waals surface area contributed by atoms with Crippen LogP contribution in [0.25, 0.3) is 11.3 Å². The lowest BCUT2D eigenvalue weighted by Gasteiger charge is -2.10. The first-order chi connectivity index (χ1) is 10.8. The summed E-state index contributed by atoms with van der Waals surface area (Å²) >= 11 is 1.65. The number of nitrogens with zero attached hydrogens (tertiary/aromatic N) is 3. The van der Waals surface area contributed by atoms with Gasteiger partial charge in [0.2, 0.25) is 0 Å². The fourth-order valence-corrected chi connectivity index (χ4v) is 3.04. The number of aliphatic hydroxyl groups is 1. The molecule has 0 fully saturated rings. The number of rotatable bonds is 6. The highest BCUT2D eigenvalue weighted by atomic mass is 32.1. The van der Waals surface area contributed by atoms with Crippen LogP contribution in [-0.4, -0.2) is 26.5 Å². The Hall–Kier alpha value is -2.18. The molecule has 1 aromatic carbocycles. The van der Waals surface area contributed by atoms with Crippen LogP contribution in [-0.2, 0) is 6.54 Å². The molecule has 1 atom stereocenters. The van der Waals surface area contributed by atoms with Crippen molar-refractivity contribution < 1.29 is 5.11 Å². The predicted molar refractivity (Wildman–Crippen MR) is 88.9 cm³/mol. The van der Waals surface area contributed by atoms with E-state index in [0.717, 1.165) is 22.0 Å². The first-order valence-corrected chi connectivity index (χ1v) is 8.05. The quantitative estimate of drug-likeness (QED) is 0.733. The van der Waals surface area contributed by atoms with Gasteiger partial charge in [-0.3, -0.25) is 4.68 Å². The Balaban J connectivity index is 1.70. The molecule has 0 amide bonds. The molecule has 0 saturated carbocycles. The minimum absolute atomic E-state index is 0.0869. The van der Waals surface area contributed by atoms with Gasteiger partial charge in [0.1, 0.15) is 5.01 Å². The average Bonchev–Trinajstić information content (AvgIpc) is 3.18. The van der Waals surface area contributed by atoms with Crippen LogP contribution in [0.15, 0.2) is 48.1 Å². The predicted octanol–water partition coefficient (Wildman–Crippen LogP) is 3.17. The summed E-state index contributed by atoms with van der Waals surface area (Å²) in [7, 11) is 0.